The minimum Gasteiger partial charge on any atom is -0.484 e. The van der Waals surface area contributed by atoms with Gasteiger partial charge in [-0.1, -0.05) is 0 Å². The molecule has 2 rings (SSSR count). The summed E-state index contributed by atoms with van der Waals surface area (Å²) in [4.78, 5) is 35.1. The number of rotatable bonds is 8. The van der Waals surface area contributed by atoms with E-state index in [1.54, 1.807) is 6.07 Å². The van der Waals surface area contributed by atoms with Crippen molar-refractivity contribution in [3.63, 3.8) is 0 Å². The molecule has 0 atom stereocenters. The molecule has 1 aromatic carbocycles. The number of ketones is 1. The van der Waals surface area contributed by atoms with Gasteiger partial charge >= 0.3 is 5.97 Å². The first-order valence-corrected chi connectivity index (χ1v) is 8.21. The van der Waals surface area contributed by atoms with Crippen molar-refractivity contribution >= 4 is 17.7 Å². The molecule has 0 bridgehead atoms. The van der Waals surface area contributed by atoms with Crippen molar-refractivity contribution in [1.82, 2.24) is 4.57 Å². The number of nitrogens with zero attached hydrogens (tertiary/aromatic N) is 1. The van der Waals surface area contributed by atoms with Crippen molar-refractivity contribution in [2.45, 2.75) is 27.3 Å². The fraction of sp³-hybridized carbons (Fsp3) is 0.316. The molecule has 0 aliphatic heterocycles. The van der Waals surface area contributed by atoms with Crippen LogP contribution in [0.1, 0.15) is 39.0 Å². The van der Waals surface area contributed by atoms with Crippen LogP contribution in [0.4, 0.5) is 0 Å². The molecule has 7 nitrogen and oxygen atoms in total. The number of aromatic nitrogens is 1. The average molecular weight is 358 g/mol. The topological polar surface area (TPSA) is 101 Å². The van der Waals surface area contributed by atoms with Crippen LogP contribution in [0.3, 0.4) is 0 Å². The zero-order valence-corrected chi connectivity index (χ0v) is 15.1. The van der Waals surface area contributed by atoms with E-state index in [-0.39, 0.29) is 24.6 Å². The standard InChI is InChI=1S/C19H22N2O5/c1-4-21-12(2)9-16(13(21)3)17(22)10-26-19(24)14-5-7-15(8-6-14)25-11-18(20)23/h5-9H,4,10-11H2,1-3H3,(H2,20,23). The van der Waals surface area contributed by atoms with Gasteiger partial charge in [0.05, 0.1) is 5.56 Å². The zero-order chi connectivity index (χ0) is 19.3. The van der Waals surface area contributed by atoms with Crippen molar-refractivity contribution < 1.29 is 23.9 Å². The molecule has 2 aromatic rings. The first-order valence-electron chi connectivity index (χ1n) is 8.21. The smallest absolute Gasteiger partial charge is 0.338 e. The molecule has 0 fully saturated rings. The molecule has 1 heterocycles. The third-order valence-corrected chi connectivity index (χ3v) is 4.00. The summed E-state index contributed by atoms with van der Waals surface area (Å²) in [6, 6.07) is 7.84. The van der Waals surface area contributed by atoms with Gasteiger partial charge in [-0.2, -0.15) is 0 Å². The molecular weight excluding hydrogens is 336 g/mol. The van der Waals surface area contributed by atoms with Crippen molar-refractivity contribution in [2.75, 3.05) is 13.2 Å². The van der Waals surface area contributed by atoms with E-state index in [0.717, 1.165) is 17.9 Å². The fourth-order valence-electron chi connectivity index (χ4n) is 2.70. The Morgan fingerprint density at radius 2 is 1.73 bits per heavy atom. The van der Waals surface area contributed by atoms with E-state index in [9.17, 15) is 14.4 Å². The first kappa shape index (κ1) is 19.2. The summed E-state index contributed by atoms with van der Waals surface area (Å²) in [6.07, 6.45) is 0. The van der Waals surface area contributed by atoms with Gasteiger partial charge in [0.15, 0.2) is 13.2 Å². The van der Waals surface area contributed by atoms with Gasteiger partial charge in [0, 0.05) is 23.5 Å². The van der Waals surface area contributed by atoms with Crippen LogP contribution in [0, 0.1) is 13.8 Å². The number of aryl methyl sites for hydroxylation is 1. The second-order valence-corrected chi connectivity index (χ2v) is 5.81. The number of nitrogens with two attached hydrogens (primary N) is 1. The molecule has 0 saturated carbocycles. The van der Waals surface area contributed by atoms with Crippen LogP contribution in [0.15, 0.2) is 30.3 Å². The van der Waals surface area contributed by atoms with E-state index < -0.39 is 11.9 Å². The number of hydrogen-bond donors (Lipinski definition) is 1. The lowest BCUT2D eigenvalue weighted by Crippen LogP contribution is -2.20. The maximum absolute atomic E-state index is 12.3. The van der Waals surface area contributed by atoms with Gasteiger partial charge in [-0.25, -0.2) is 4.79 Å². The fourth-order valence-corrected chi connectivity index (χ4v) is 2.70. The van der Waals surface area contributed by atoms with Crippen molar-refractivity contribution in [3.05, 3.63) is 52.8 Å². The number of amides is 1. The minimum atomic E-state index is -0.607. The number of carbonyl (C=O) groups is 3. The predicted molar refractivity (Wildman–Crippen MR) is 95.3 cm³/mol. The van der Waals surface area contributed by atoms with Crippen LogP contribution in [0.25, 0.3) is 0 Å². The molecule has 0 spiro atoms. The van der Waals surface area contributed by atoms with Gasteiger partial charge in [-0.05, 0) is 51.1 Å². The summed E-state index contributed by atoms with van der Waals surface area (Å²) in [6.45, 7) is 6.01. The van der Waals surface area contributed by atoms with Crippen LogP contribution in [0.5, 0.6) is 5.75 Å². The highest BCUT2D eigenvalue weighted by molar-refractivity contribution is 6.00. The Morgan fingerprint density at radius 1 is 1.08 bits per heavy atom. The van der Waals surface area contributed by atoms with Crippen molar-refractivity contribution in [3.8, 4) is 5.75 Å². The highest BCUT2D eigenvalue weighted by Crippen LogP contribution is 2.16. The van der Waals surface area contributed by atoms with E-state index in [2.05, 4.69) is 0 Å². The Hall–Kier alpha value is -3.09. The minimum absolute atomic E-state index is 0.242. The quantitative estimate of drug-likeness (QED) is 0.575. The monoisotopic (exact) mass is 358 g/mol. The Balaban J connectivity index is 1.96. The molecular formula is C19H22N2O5. The van der Waals surface area contributed by atoms with Crippen molar-refractivity contribution in [1.29, 1.82) is 0 Å². The van der Waals surface area contributed by atoms with Crippen LogP contribution < -0.4 is 10.5 Å². The first-order chi connectivity index (χ1) is 12.3. The maximum atomic E-state index is 12.3. The highest BCUT2D eigenvalue weighted by Gasteiger charge is 2.17. The van der Waals surface area contributed by atoms with Gasteiger partial charge < -0.3 is 19.8 Å². The molecule has 0 radical (unpaired) electrons. The van der Waals surface area contributed by atoms with Crippen LogP contribution in [-0.4, -0.2) is 35.4 Å². The summed E-state index contributed by atoms with van der Waals surface area (Å²) < 4.78 is 12.2. The molecule has 1 amide bonds. The number of carbonyl (C=O) groups excluding carboxylic acids is 3. The molecule has 7 heteroatoms. The van der Waals surface area contributed by atoms with Gasteiger partial charge in [0.1, 0.15) is 5.75 Å². The van der Waals surface area contributed by atoms with E-state index >= 15 is 0 Å². The molecule has 0 unspecified atom stereocenters. The Kier molecular flexibility index (Phi) is 6.16. The van der Waals surface area contributed by atoms with E-state index in [1.165, 1.54) is 24.3 Å². The molecule has 138 valence electrons. The SMILES string of the molecule is CCn1c(C)cc(C(=O)COC(=O)c2ccc(OCC(N)=O)cc2)c1C. The van der Waals surface area contributed by atoms with Crippen LogP contribution in [-0.2, 0) is 16.1 Å². The van der Waals surface area contributed by atoms with Gasteiger partial charge in [0.25, 0.3) is 5.91 Å². The van der Waals surface area contributed by atoms with Gasteiger partial charge in [-0.3, -0.25) is 9.59 Å². The third kappa shape index (κ3) is 4.50. The molecule has 26 heavy (non-hydrogen) atoms. The lowest BCUT2D eigenvalue weighted by molar-refractivity contribution is -0.119. The van der Waals surface area contributed by atoms with Crippen LogP contribution >= 0.6 is 0 Å². The third-order valence-electron chi connectivity index (χ3n) is 4.00. The second-order valence-electron chi connectivity index (χ2n) is 5.81. The summed E-state index contributed by atoms with van der Waals surface area (Å²) in [5, 5.41) is 0. The van der Waals surface area contributed by atoms with E-state index in [4.69, 9.17) is 15.2 Å². The summed E-state index contributed by atoms with van der Waals surface area (Å²) in [5.41, 5.74) is 7.69. The molecule has 1 aromatic heterocycles. The number of ether oxygens (including phenoxy) is 2. The normalized spacial score (nSPS) is 10.4. The van der Waals surface area contributed by atoms with Crippen LogP contribution in [0.2, 0.25) is 0 Å². The Labute approximate surface area is 151 Å². The number of esters is 1. The molecule has 0 aliphatic rings. The number of benzene rings is 1. The molecule has 2 N–H and O–H groups in total. The number of primary amides is 1. The Morgan fingerprint density at radius 3 is 2.27 bits per heavy atom. The Bertz CT molecular complexity index is 821. The molecule has 0 aliphatic carbocycles. The summed E-state index contributed by atoms with van der Waals surface area (Å²) >= 11 is 0. The average Bonchev–Trinajstić information content (AvgIpc) is 2.91. The summed E-state index contributed by atoms with van der Waals surface area (Å²) in [7, 11) is 0. The number of Topliss-reactive ketones (excluding diaryl/α,β-unsaturated/α-hetero) is 1. The number of hydrogen-bond acceptors (Lipinski definition) is 5. The highest BCUT2D eigenvalue weighted by atomic mass is 16.5. The lowest BCUT2D eigenvalue weighted by atomic mass is 10.1. The predicted octanol–water partition coefficient (Wildman–Crippen LogP) is 2.03. The van der Waals surface area contributed by atoms with E-state index in [0.29, 0.717) is 11.3 Å². The maximum Gasteiger partial charge on any atom is 0.338 e. The van der Waals surface area contributed by atoms with Gasteiger partial charge in [0.2, 0.25) is 5.78 Å². The second kappa shape index (κ2) is 8.33. The molecule has 0 saturated heterocycles. The lowest BCUT2D eigenvalue weighted by Gasteiger charge is -2.07. The largest absolute Gasteiger partial charge is 0.484 e. The van der Waals surface area contributed by atoms with Crippen molar-refractivity contribution in [2.24, 2.45) is 5.73 Å². The zero-order valence-electron chi connectivity index (χ0n) is 15.1. The summed E-state index contributed by atoms with van der Waals surface area (Å²) in [5.74, 6) is -1.03. The van der Waals surface area contributed by atoms with E-state index in [1.807, 2.05) is 25.3 Å². The van der Waals surface area contributed by atoms with Gasteiger partial charge in [-0.15, -0.1) is 0 Å².